The molecule has 6 nitrogen and oxygen atoms in total. The molecule has 2 rings (SSSR count). The van der Waals surface area contributed by atoms with E-state index in [4.69, 9.17) is 26.2 Å². The average Bonchev–Trinajstić information content (AvgIpc) is 2.70. The summed E-state index contributed by atoms with van der Waals surface area (Å²) in [5, 5.41) is 17.8. The maximum absolute atomic E-state index is 11.2. The molecular weight excluding hydrogens is 240 g/mol. The van der Waals surface area contributed by atoms with Crippen LogP contribution in [0.2, 0.25) is 5.02 Å². The third kappa shape index (κ3) is 1.43. The summed E-state index contributed by atoms with van der Waals surface area (Å²) >= 11 is 5.69. The van der Waals surface area contributed by atoms with E-state index in [0.29, 0.717) is 0 Å². The predicted molar refractivity (Wildman–Crippen MR) is 51.2 cm³/mol. The van der Waals surface area contributed by atoms with Crippen molar-refractivity contribution >= 4 is 23.4 Å². The largest absolute Gasteiger partial charge is 0.505 e. The van der Waals surface area contributed by atoms with Crippen molar-refractivity contribution in [2.45, 2.75) is 0 Å². The standard InChI is InChI=1S/C9H5ClO6/c10-5-6(11)3(7(12)9(13)14)1-4-8(5)16-2-15-4/h1,11H,2H2,(H,13,14). The fourth-order valence-electron chi connectivity index (χ4n) is 1.28. The van der Waals surface area contributed by atoms with Gasteiger partial charge in [0.05, 0.1) is 5.56 Å². The van der Waals surface area contributed by atoms with Gasteiger partial charge in [-0.25, -0.2) is 4.79 Å². The number of rotatable bonds is 2. The minimum atomic E-state index is -1.69. The number of hydrogen-bond donors (Lipinski definition) is 2. The van der Waals surface area contributed by atoms with Crippen LogP contribution in [0.3, 0.4) is 0 Å². The zero-order chi connectivity index (χ0) is 11.9. The van der Waals surface area contributed by atoms with Gasteiger partial charge in [-0.05, 0) is 6.07 Å². The molecule has 0 aromatic heterocycles. The lowest BCUT2D eigenvalue weighted by Gasteiger charge is -2.05. The number of aliphatic carboxylic acids is 1. The molecule has 0 atom stereocenters. The maximum atomic E-state index is 11.2. The van der Waals surface area contributed by atoms with Crippen molar-refractivity contribution in [3.8, 4) is 17.2 Å². The molecule has 0 aliphatic carbocycles. The molecule has 0 saturated heterocycles. The van der Waals surface area contributed by atoms with Crippen molar-refractivity contribution < 1.29 is 29.3 Å². The molecular formula is C9H5ClO6. The van der Waals surface area contributed by atoms with Gasteiger partial charge in [-0.3, -0.25) is 4.79 Å². The highest BCUT2D eigenvalue weighted by Gasteiger charge is 2.28. The third-order valence-corrected chi connectivity index (χ3v) is 2.37. The zero-order valence-electron chi connectivity index (χ0n) is 7.69. The molecule has 1 aliphatic heterocycles. The van der Waals surface area contributed by atoms with Gasteiger partial charge in [0, 0.05) is 0 Å². The fraction of sp³-hybridized carbons (Fsp3) is 0.111. The summed E-state index contributed by atoms with van der Waals surface area (Å²) in [5.74, 6) is -3.35. The summed E-state index contributed by atoms with van der Waals surface area (Å²) in [6.07, 6.45) is 0. The van der Waals surface area contributed by atoms with E-state index in [1.165, 1.54) is 0 Å². The Balaban J connectivity index is 2.60. The van der Waals surface area contributed by atoms with Gasteiger partial charge < -0.3 is 19.7 Å². The van der Waals surface area contributed by atoms with Crippen LogP contribution in [0.4, 0.5) is 0 Å². The number of halogens is 1. The highest BCUT2D eigenvalue weighted by Crippen LogP contribution is 2.46. The van der Waals surface area contributed by atoms with E-state index in [1.807, 2.05) is 0 Å². The number of carboxylic acids is 1. The van der Waals surface area contributed by atoms with Gasteiger partial charge in [-0.2, -0.15) is 0 Å². The van der Waals surface area contributed by atoms with Crippen LogP contribution in [-0.4, -0.2) is 28.8 Å². The van der Waals surface area contributed by atoms with E-state index in [0.717, 1.165) is 6.07 Å². The van der Waals surface area contributed by atoms with E-state index in [9.17, 15) is 14.7 Å². The molecule has 0 unspecified atom stereocenters. The Kier molecular flexibility index (Phi) is 2.35. The van der Waals surface area contributed by atoms with E-state index < -0.39 is 23.1 Å². The number of aromatic hydroxyl groups is 1. The molecule has 0 spiro atoms. The molecule has 1 aromatic carbocycles. The first-order valence-corrected chi connectivity index (χ1v) is 4.49. The molecule has 1 aromatic rings. The lowest BCUT2D eigenvalue weighted by molar-refractivity contribution is -0.131. The topological polar surface area (TPSA) is 93.1 Å². The number of Topliss-reactive ketones (excluding diaryl/α,β-unsaturated/α-hetero) is 1. The van der Waals surface area contributed by atoms with Gasteiger partial charge in [-0.1, -0.05) is 11.6 Å². The second kappa shape index (κ2) is 3.57. The van der Waals surface area contributed by atoms with E-state index in [2.05, 4.69) is 0 Å². The Hall–Kier alpha value is -1.95. The van der Waals surface area contributed by atoms with E-state index in [-0.39, 0.29) is 23.3 Å². The van der Waals surface area contributed by atoms with Crippen LogP contribution < -0.4 is 9.47 Å². The number of carbonyl (C=O) groups is 2. The number of carbonyl (C=O) groups excluding carboxylic acids is 1. The Bertz CT molecular complexity index is 495. The Morgan fingerprint density at radius 3 is 2.69 bits per heavy atom. The van der Waals surface area contributed by atoms with Crippen molar-refractivity contribution in [3.05, 3.63) is 16.7 Å². The van der Waals surface area contributed by atoms with Crippen LogP contribution in [-0.2, 0) is 4.79 Å². The van der Waals surface area contributed by atoms with Crippen molar-refractivity contribution in [3.63, 3.8) is 0 Å². The summed E-state index contributed by atoms with van der Waals surface area (Å²) in [5.41, 5.74) is -0.429. The molecule has 84 valence electrons. The molecule has 0 fully saturated rings. The number of fused-ring (bicyclic) bond motifs is 1. The van der Waals surface area contributed by atoms with E-state index >= 15 is 0 Å². The molecule has 0 bridgehead atoms. The number of ether oxygens (including phenoxy) is 2. The highest BCUT2D eigenvalue weighted by atomic mass is 35.5. The summed E-state index contributed by atoms with van der Waals surface area (Å²) in [6.45, 7) is -0.0980. The van der Waals surface area contributed by atoms with Crippen LogP contribution in [0.1, 0.15) is 10.4 Å². The van der Waals surface area contributed by atoms with E-state index in [1.54, 1.807) is 0 Å². The maximum Gasteiger partial charge on any atom is 0.377 e. The van der Waals surface area contributed by atoms with Crippen molar-refractivity contribution in [1.29, 1.82) is 0 Å². The first-order valence-electron chi connectivity index (χ1n) is 4.11. The lowest BCUT2D eigenvalue weighted by Crippen LogP contribution is -2.12. The zero-order valence-corrected chi connectivity index (χ0v) is 8.45. The lowest BCUT2D eigenvalue weighted by atomic mass is 10.1. The fourth-order valence-corrected chi connectivity index (χ4v) is 1.53. The van der Waals surface area contributed by atoms with Crippen LogP contribution in [0.15, 0.2) is 6.07 Å². The number of benzene rings is 1. The number of phenolic OH excluding ortho intramolecular Hbond substituents is 1. The number of phenols is 1. The first kappa shape index (κ1) is 10.6. The van der Waals surface area contributed by atoms with Crippen LogP contribution in [0.25, 0.3) is 0 Å². The van der Waals surface area contributed by atoms with Gasteiger partial charge >= 0.3 is 5.97 Å². The molecule has 0 radical (unpaired) electrons. The van der Waals surface area contributed by atoms with Crippen LogP contribution in [0, 0.1) is 0 Å². The molecule has 1 heterocycles. The molecule has 16 heavy (non-hydrogen) atoms. The SMILES string of the molecule is O=C(O)C(=O)c1cc2c(c(Cl)c1O)OCO2. The highest BCUT2D eigenvalue weighted by molar-refractivity contribution is 6.42. The van der Waals surface area contributed by atoms with Crippen molar-refractivity contribution in [2.24, 2.45) is 0 Å². The second-order valence-electron chi connectivity index (χ2n) is 2.95. The van der Waals surface area contributed by atoms with Gasteiger partial charge in [-0.15, -0.1) is 0 Å². The number of ketones is 1. The summed E-state index contributed by atoms with van der Waals surface area (Å²) in [7, 11) is 0. The number of hydrogen-bond acceptors (Lipinski definition) is 5. The Morgan fingerprint density at radius 2 is 2.06 bits per heavy atom. The summed E-state index contributed by atoms with van der Waals surface area (Å²) in [4.78, 5) is 21.7. The Morgan fingerprint density at radius 1 is 1.38 bits per heavy atom. The first-order chi connectivity index (χ1) is 7.52. The van der Waals surface area contributed by atoms with Gasteiger partial charge in [0.1, 0.15) is 10.8 Å². The third-order valence-electron chi connectivity index (χ3n) is 2.02. The smallest absolute Gasteiger partial charge is 0.377 e. The minimum Gasteiger partial charge on any atom is -0.505 e. The summed E-state index contributed by atoms with van der Waals surface area (Å²) in [6, 6.07) is 1.08. The molecule has 7 heteroatoms. The van der Waals surface area contributed by atoms with Gasteiger partial charge in [0.2, 0.25) is 6.79 Å². The number of carboxylic acid groups (broad SMARTS) is 1. The summed E-state index contributed by atoms with van der Waals surface area (Å²) < 4.78 is 9.87. The van der Waals surface area contributed by atoms with Crippen molar-refractivity contribution in [1.82, 2.24) is 0 Å². The minimum absolute atomic E-state index is 0.0980. The van der Waals surface area contributed by atoms with Gasteiger partial charge in [0.15, 0.2) is 11.5 Å². The Labute approximate surface area is 94.0 Å². The molecule has 2 N–H and O–H groups in total. The van der Waals surface area contributed by atoms with Crippen LogP contribution >= 0.6 is 11.6 Å². The monoisotopic (exact) mass is 244 g/mol. The second-order valence-corrected chi connectivity index (χ2v) is 3.33. The normalized spacial score (nSPS) is 12.6. The van der Waals surface area contributed by atoms with Crippen LogP contribution in [0.5, 0.6) is 17.2 Å². The quantitative estimate of drug-likeness (QED) is 0.596. The molecule has 0 amide bonds. The molecule has 1 aliphatic rings. The van der Waals surface area contributed by atoms with Crippen molar-refractivity contribution in [2.75, 3.05) is 6.79 Å². The molecule has 0 saturated carbocycles. The van der Waals surface area contributed by atoms with Gasteiger partial charge in [0.25, 0.3) is 5.78 Å². The average molecular weight is 245 g/mol. The predicted octanol–water partition coefficient (Wildman–Crippen LogP) is 1.04.